The zero-order valence-corrected chi connectivity index (χ0v) is 11.1. The second-order valence-electron chi connectivity index (χ2n) is 4.86. The van der Waals surface area contributed by atoms with E-state index < -0.39 is 11.5 Å². The van der Waals surface area contributed by atoms with E-state index in [0.29, 0.717) is 6.42 Å². The molecule has 4 heteroatoms. The van der Waals surface area contributed by atoms with Gasteiger partial charge < -0.3 is 20.6 Å². The van der Waals surface area contributed by atoms with Gasteiger partial charge in [0.15, 0.2) is 11.5 Å². The fourth-order valence-electron chi connectivity index (χ4n) is 1.82. The van der Waals surface area contributed by atoms with Crippen LogP contribution in [0.3, 0.4) is 0 Å². The quantitative estimate of drug-likeness (QED) is 0.548. The van der Waals surface area contributed by atoms with Crippen LogP contribution >= 0.6 is 0 Å². The maximum atomic E-state index is 10.2. The van der Waals surface area contributed by atoms with Crippen LogP contribution < -0.4 is 5.32 Å². The van der Waals surface area contributed by atoms with Crippen molar-refractivity contribution in [3.05, 3.63) is 35.8 Å². The predicted octanol–water partition coefficient (Wildman–Crippen LogP) is 2.20. The largest absolute Gasteiger partial charge is 0.504 e. The Bertz CT molecular complexity index is 336. The number of rotatable bonds is 6. The van der Waals surface area contributed by atoms with Crippen LogP contribution in [0.5, 0.6) is 0 Å². The van der Waals surface area contributed by atoms with Crippen molar-refractivity contribution in [3.8, 4) is 0 Å². The molecular weight excluding hydrogens is 230 g/mol. The highest BCUT2D eigenvalue weighted by atomic mass is 16.3. The minimum absolute atomic E-state index is 0.175. The van der Waals surface area contributed by atoms with Gasteiger partial charge in [-0.25, -0.2) is 0 Å². The molecule has 0 aromatic heterocycles. The fraction of sp³-hybridized carbons (Fsp3) is 0.571. The van der Waals surface area contributed by atoms with E-state index >= 15 is 0 Å². The average Bonchev–Trinajstić information content (AvgIpc) is 2.49. The summed E-state index contributed by atoms with van der Waals surface area (Å²) in [4.78, 5) is 0. The first-order valence-electron chi connectivity index (χ1n) is 6.39. The standard InChI is InChI=1S/C14H23NO3/c1-3-9-15-10-6-13(18)14(2)7-4-11(16)12(17)5-8-14/h4-5,7-8,13,15-18H,3,6,9-10H2,1-2H3. The Morgan fingerprint density at radius 3 is 2.22 bits per heavy atom. The molecule has 1 aliphatic rings. The normalized spacial score (nSPS) is 19.9. The van der Waals surface area contributed by atoms with Crippen molar-refractivity contribution in [2.75, 3.05) is 13.1 Å². The van der Waals surface area contributed by atoms with Crippen molar-refractivity contribution in [3.63, 3.8) is 0 Å². The van der Waals surface area contributed by atoms with Crippen LogP contribution in [0.15, 0.2) is 35.8 Å². The zero-order valence-electron chi connectivity index (χ0n) is 11.1. The van der Waals surface area contributed by atoms with Crippen molar-refractivity contribution in [1.29, 1.82) is 0 Å². The van der Waals surface area contributed by atoms with Gasteiger partial charge in [0, 0.05) is 5.41 Å². The van der Waals surface area contributed by atoms with Crippen LogP contribution in [0.4, 0.5) is 0 Å². The summed E-state index contributed by atoms with van der Waals surface area (Å²) in [5.74, 6) is -0.349. The Labute approximate surface area is 108 Å². The van der Waals surface area contributed by atoms with Gasteiger partial charge in [-0.05, 0) is 38.1 Å². The molecule has 102 valence electrons. The summed E-state index contributed by atoms with van der Waals surface area (Å²) in [6.45, 7) is 5.66. The van der Waals surface area contributed by atoms with E-state index in [0.717, 1.165) is 19.5 Å². The molecule has 0 aliphatic heterocycles. The van der Waals surface area contributed by atoms with Crippen LogP contribution in [0.1, 0.15) is 26.7 Å². The van der Waals surface area contributed by atoms with Gasteiger partial charge in [0.25, 0.3) is 0 Å². The Hall–Kier alpha value is -1.26. The van der Waals surface area contributed by atoms with Gasteiger partial charge >= 0.3 is 0 Å². The van der Waals surface area contributed by atoms with Crippen molar-refractivity contribution < 1.29 is 15.3 Å². The lowest BCUT2D eigenvalue weighted by Gasteiger charge is -2.28. The molecule has 1 rings (SSSR count). The summed E-state index contributed by atoms with van der Waals surface area (Å²) in [5.41, 5.74) is -0.577. The molecule has 18 heavy (non-hydrogen) atoms. The summed E-state index contributed by atoms with van der Waals surface area (Å²) >= 11 is 0. The third kappa shape index (κ3) is 3.89. The molecule has 0 aromatic carbocycles. The van der Waals surface area contributed by atoms with Gasteiger partial charge in [0.2, 0.25) is 0 Å². The first-order chi connectivity index (χ1) is 8.49. The van der Waals surface area contributed by atoms with Gasteiger partial charge in [-0.1, -0.05) is 26.0 Å². The zero-order chi connectivity index (χ0) is 13.6. The minimum Gasteiger partial charge on any atom is -0.504 e. The lowest BCUT2D eigenvalue weighted by atomic mass is 9.82. The number of hydrogen-bond acceptors (Lipinski definition) is 4. The lowest BCUT2D eigenvalue weighted by Crippen LogP contribution is -2.32. The third-order valence-electron chi connectivity index (χ3n) is 3.20. The molecule has 0 fully saturated rings. The van der Waals surface area contributed by atoms with Gasteiger partial charge in [-0.2, -0.15) is 0 Å². The molecule has 0 spiro atoms. The molecule has 0 aromatic rings. The van der Waals surface area contributed by atoms with Crippen molar-refractivity contribution >= 4 is 0 Å². The first-order valence-corrected chi connectivity index (χ1v) is 6.39. The first kappa shape index (κ1) is 14.8. The Morgan fingerprint density at radius 2 is 1.72 bits per heavy atom. The number of hydrogen-bond donors (Lipinski definition) is 4. The van der Waals surface area contributed by atoms with Gasteiger partial charge in [0.05, 0.1) is 6.10 Å². The molecule has 0 saturated carbocycles. The second kappa shape index (κ2) is 6.61. The van der Waals surface area contributed by atoms with Gasteiger partial charge in [-0.15, -0.1) is 0 Å². The monoisotopic (exact) mass is 253 g/mol. The maximum absolute atomic E-state index is 10.2. The van der Waals surface area contributed by atoms with E-state index in [9.17, 15) is 15.3 Å². The summed E-state index contributed by atoms with van der Waals surface area (Å²) in [7, 11) is 0. The number of aliphatic hydroxyl groups is 3. The molecule has 4 nitrogen and oxygen atoms in total. The van der Waals surface area contributed by atoms with Crippen LogP contribution in [0.2, 0.25) is 0 Å². The van der Waals surface area contributed by atoms with Crippen molar-refractivity contribution in [2.24, 2.45) is 5.41 Å². The summed E-state index contributed by atoms with van der Waals surface area (Å²) in [5, 5.41) is 32.3. The summed E-state index contributed by atoms with van der Waals surface area (Å²) in [6.07, 6.45) is 7.41. The van der Waals surface area contributed by atoms with Crippen LogP contribution in [-0.4, -0.2) is 34.5 Å². The second-order valence-corrected chi connectivity index (χ2v) is 4.86. The predicted molar refractivity (Wildman–Crippen MR) is 72.5 cm³/mol. The van der Waals surface area contributed by atoms with E-state index in [-0.39, 0.29) is 11.5 Å². The minimum atomic E-state index is -0.577. The van der Waals surface area contributed by atoms with Crippen LogP contribution in [0, 0.1) is 5.41 Å². The lowest BCUT2D eigenvalue weighted by molar-refractivity contribution is 0.0904. The van der Waals surface area contributed by atoms with E-state index in [1.165, 1.54) is 12.2 Å². The Morgan fingerprint density at radius 1 is 1.17 bits per heavy atom. The summed E-state index contributed by atoms with van der Waals surface area (Å²) < 4.78 is 0. The molecule has 1 aliphatic carbocycles. The highest BCUT2D eigenvalue weighted by Gasteiger charge is 2.28. The summed E-state index contributed by atoms with van der Waals surface area (Å²) in [6, 6.07) is 0. The molecule has 0 saturated heterocycles. The molecule has 4 N–H and O–H groups in total. The highest BCUT2D eigenvalue weighted by Crippen LogP contribution is 2.30. The fourth-order valence-corrected chi connectivity index (χ4v) is 1.82. The van der Waals surface area contributed by atoms with E-state index in [4.69, 9.17) is 0 Å². The van der Waals surface area contributed by atoms with E-state index in [2.05, 4.69) is 12.2 Å². The van der Waals surface area contributed by atoms with Crippen LogP contribution in [0.25, 0.3) is 0 Å². The topological polar surface area (TPSA) is 72.7 Å². The Kier molecular flexibility index (Phi) is 5.44. The molecule has 0 bridgehead atoms. The number of aliphatic hydroxyl groups excluding tert-OH is 3. The molecule has 0 radical (unpaired) electrons. The number of nitrogens with one attached hydrogen (secondary N) is 1. The average molecular weight is 253 g/mol. The smallest absolute Gasteiger partial charge is 0.157 e. The van der Waals surface area contributed by atoms with E-state index in [1.807, 2.05) is 6.92 Å². The third-order valence-corrected chi connectivity index (χ3v) is 3.20. The molecule has 1 atom stereocenters. The highest BCUT2D eigenvalue weighted by molar-refractivity contribution is 5.31. The maximum Gasteiger partial charge on any atom is 0.157 e. The Balaban J connectivity index is 2.59. The molecular formula is C14H23NO3. The van der Waals surface area contributed by atoms with Crippen molar-refractivity contribution in [2.45, 2.75) is 32.8 Å². The molecule has 0 heterocycles. The van der Waals surface area contributed by atoms with Gasteiger partial charge in [-0.3, -0.25) is 0 Å². The molecule has 0 amide bonds. The van der Waals surface area contributed by atoms with E-state index in [1.54, 1.807) is 12.2 Å². The van der Waals surface area contributed by atoms with Crippen molar-refractivity contribution in [1.82, 2.24) is 5.32 Å². The SMILES string of the molecule is CCCNCCC(O)C1(C)C=CC(O)=C(O)C=C1. The van der Waals surface area contributed by atoms with Gasteiger partial charge in [0.1, 0.15) is 0 Å². The number of allylic oxidation sites excluding steroid dienone is 2. The van der Waals surface area contributed by atoms with Crippen LogP contribution in [-0.2, 0) is 0 Å². The molecule has 1 unspecified atom stereocenters.